The number of aromatic nitrogens is 2. The molecule has 1 aromatic rings. The van der Waals surface area contributed by atoms with E-state index in [1.54, 1.807) is 0 Å². The molecule has 3 nitrogen and oxygen atoms in total. The van der Waals surface area contributed by atoms with Crippen LogP contribution in [0.4, 0.5) is 5.95 Å². The molecule has 16 heavy (non-hydrogen) atoms. The van der Waals surface area contributed by atoms with Crippen molar-refractivity contribution in [3.63, 3.8) is 0 Å². The van der Waals surface area contributed by atoms with Crippen LogP contribution in [0.15, 0.2) is 12.4 Å². The summed E-state index contributed by atoms with van der Waals surface area (Å²) in [6.07, 6.45) is 9.29. The lowest BCUT2D eigenvalue weighted by Crippen LogP contribution is -2.25. The first-order valence-corrected chi connectivity index (χ1v) is 7.00. The summed E-state index contributed by atoms with van der Waals surface area (Å²) in [6, 6.07) is 0. The van der Waals surface area contributed by atoms with Crippen molar-refractivity contribution in [3.8, 4) is 0 Å². The molecule has 88 valence electrons. The summed E-state index contributed by atoms with van der Waals surface area (Å²) in [5.41, 5.74) is 1.12. The molecule has 0 aromatic carbocycles. The smallest absolute Gasteiger partial charge is 0.225 e. The molecule has 0 aliphatic heterocycles. The van der Waals surface area contributed by atoms with Gasteiger partial charge in [-0.2, -0.15) is 0 Å². The lowest BCUT2D eigenvalue weighted by Gasteiger charge is -2.20. The van der Waals surface area contributed by atoms with E-state index in [1.807, 2.05) is 12.4 Å². The molecule has 0 unspecified atom stereocenters. The maximum Gasteiger partial charge on any atom is 0.225 e. The zero-order chi connectivity index (χ0) is 11.4. The number of rotatable bonds is 4. The van der Waals surface area contributed by atoms with Crippen molar-refractivity contribution in [2.45, 2.75) is 31.0 Å². The van der Waals surface area contributed by atoms with E-state index < -0.39 is 0 Å². The highest BCUT2D eigenvalue weighted by molar-refractivity contribution is 9.08. The van der Waals surface area contributed by atoms with E-state index in [0.717, 1.165) is 29.3 Å². The summed E-state index contributed by atoms with van der Waals surface area (Å²) in [7, 11) is 2.08. The molecule has 0 radical (unpaired) electrons. The van der Waals surface area contributed by atoms with E-state index in [4.69, 9.17) is 0 Å². The molecule has 0 N–H and O–H groups in total. The van der Waals surface area contributed by atoms with Crippen molar-refractivity contribution in [3.05, 3.63) is 18.0 Å². The van der Waals surface area contributed by atoms with Crippen molar-refractivity contribution in [2.75, 3.05) is 18.5 Å². The molecule has 1 saturated carbocycles. The third kappa shape index (κ3) is 2.94. The van der Waals surface area contributed by atoms with Crippen LogP contribution in [-0.2, 0) is 5.33 Å². The van der Waals surface area contributed by atoms with Gasteiger partial charge in [-0.05, 0) is 24.3 Å². The first-order valence-electron chi connectivity index (χ1n) is 5.87. The Hall–Kier alpha value is -0.640. The van der Waals surface area contributed by atoms with Gasteiger partial charge in [0.25, 0.3) is 0 Å². The van der Waals surface area contributed by atoms with Crippen LogP contribution < -0.4 is 4.90 Å². The molecule has 1 aliphatic rings. The lowest BCUT2D eigenvalue weighted by molar-refractivity contribution is 0.542. The zero-order valence-corrected chi connectivity index (χ0v) is 11.3. The normalized spacial score (nSPS) is 16.6. The minimum atomic E-state index is 0.819. The average molecular weight is 284 g/mol. The fraction of sp³-hybridized carbons (Fsp3) is 0.667. The van der Waals surface area contributed by atoms with Gasteiger partial charge in [0.2, 0.25) is 5.95 Å². The van der Waals surface area contributed by atoms with Gasteiger partial charge in [0.15, 0.2) is 0 Å². The van der Waals surface area contributed by atoms with Crippen molar-refractivity contribution in [1.82, 2.24) is 9.97 Å². The third-order valence-electron chi connectivity index (χ3n) is 3.19. The predicted octanol–water partition coefficient (Wildman–Crippen LogP) is 3.00. The summed E-state index contributed by atoms with van der Waals surface area (Å²) in [5.74, 6) is 1.68. The summed E-state index contributed by atoms with van der Waals surface area (Å²) >= 11 is 3.40. The Kier molecular flexibility index (Phi) is 4.16. The van der Waals surface area contributed by atoms with Crippen LogP contribution >= 0.6 is 15.9 Å². The second-order valence-electron chi connectivity index (χ2n) is 4.56. The van der Waals surface area contributed by atoms with Gasteiger partial charge in [-0.25, -0.2) is 9.97 Å². The van der Waals surface area contributed by atoms with Crippen molar-refractivity contribution < 1.29 is 0 Å². The highest BCUT2D eigenvalue weighted by Gasteiger charge is 2.17. The Bertz CT molecular complexity index is 320. The van der Waals surface area contributed by atoms with Crippen LogP contribution in [0, 0.1) is 5.92 Å². The number of nitrogens with zero attached hydrogens (tertiary/aromatic N) is 3. The number of alkyl halides is 1. The van der Waals surface area contributed by atoms with Gasteiger partial charge in [-0.1, -0.05) is 28.8 Å². The largest absolute Gasteiger partial charge is 0.344 e. The average Bonchev–Trinajstić information content (AvgIpc) is 2.82. The predicted molar refractivity (Wildman–Crippen MR) is 69.9 cm³/mol. The van der Waals surface area contributed by atoms with Crippen LogP contribution in [0.2, 0.25) is 0 Å². The molecule has 0 saturated heterocycles. The molecule has 0 bridgehead atoms. The molecule has 1 aromatic heterocycles. The van der Waals surface area contributed by atoms with Gasteiger partial charge in [0, 0.05) is 31.3 Å². The summed E-state index contributed by atoms with van der Waals surface area (Å²) < 4.78 is 0. The van der Waals surface area contributed by atoms with E-state index in [-0.39, 0.29) is 0 Å². The van der Waals surface area contributed by atoms with Crippen LogP contribution in [0.25, 0.3) is 0 Å². The van der Waals surface area contributed by atoms with Gasteiger partial charge < -0.3 is 4.90 Å². The Morgan fingerprint density at radius 1 is 1.31 bits per heavy atom. The molecule has 0 amide bonds. The number of hydrogen-bond donors (Lipinski definition) is 0. The van der Waals surface area contributed by atoms with Crippen LogP contribution in [0.1, 0.15) is 31.2 Å². The van der Waals surface area contributed by atoms with Gasteiger partial charge in [0.1, 0.15) is 0 Å². The van der Waals surface area contributed by atoms with Crippen LogP contribution in [0.3, 0.4) is 0 Å². The summed E-state index contributed by atoms with van der Waals surface area (Å²) in [5, 5.41) is 0.819. The van der Waals surface area contributed by atoms with Crippen LogP contribution in [0.5, 0.6) is 0 Å². The standard InChI is InChI=1S/C12H18BrN3/c1-16(9-10-4-2-3-5-10)12-14-7-11(6-13)8-15-12/h7-8,10H,2-6,9H2,1H3. The maximum atomic E-state index is 4.38. The first-order chi connectivity index (χ1) is 7.79. The highest BCUT2D eigenvalue weighted by Crippen LogP contribution is 2.25. The van der Waals surface area contributed by atoms with Gasteiger partial charge in [0.05, 0.1) is 0 Å². The van der Waals surface area contributed by atoms with Gasteiger partial charge in [-0.3, -0.25) is 0 Å². The molecule has 0 spiro atoms. The third-order valence-corrected chi connectivity index (χ3v) is 3.84. The lowest BCUT2D eigenvalue weighted by atomic mass is 10.1. The molecule has 1 heterocycles. The molecular weight excluding hydrogens is 266 g/mol. The second-order valence-corrected chi connectivity index (χ2v) is 5.12. The molecule has 4 heteroatoms. The minimum absolute atomic E-state index is 0.819. The van der Waals surface area contributed by atoms with Crippen molar-refractivity contribution in [2.24, 2.45) is 5.92 Å². The number of hydrogen-bond acceptors (Lipinski definition) is 3. The number of anilines is 1. The molecule has 1 fully saturated rings. The SMILES string of the molecule is CN(CC1CCCC1)c1ncc(CBr)cn1. The van der Waals surface area contributed by atoms with Gasteiger partial charge >= 0.3 is 0 Å². The van der Waals surface area contributed by atoms with E-state index in [9.17, 15) is 0 Å². The molecule has 1 aliphatic carbocycles. The van der Waals surface area contributed by atoms with Crippen molar-refractivity contribution >= 4 is 21.9 Å². The minimum Gasteiger partial charge on any atom is -0.344 e. The second kappa shape index (κ2) is 5.62. The first kappa shape index (κ1) is 11.8. The van der Waals surface area contributed by atoms with E-state index in [2.05, 4.69) is 37.8 Å². The van der Waals surface area contributed by atoms with Crippen LogP contribution in [-0.4, -0.2) is 23.6 Å². The zero-order valence-electron chi connectivity index (χ0n) is 9.69. The summed E-state index contributed by atoms with van der Waals surface area (Å²) in [6.45, 7) is 1.09. The van der Waals surface area contributed by atoms with Gasteiger partial charge in [-0.15, -0.1) is 0 Å². The molecule has 2 rings (SSSR count). The number of halogens is 1. The van der Waals surface area contributed by atoms with E-state index >= 15 is 0 Å². The highest BCUT2D eigenvalue weighted by atomic mass is 79.9. The molecule has 0 atom stereocenters. The Morgan fingerprint density at radius 3 is 2.50 bits per heavy atom. The fourth-order valence-corrected chi connectivity index (χ4v) is 2.57. The molecular formula is C12H18BrN3. The Morgan fingerprint density at radius 2 is 1.94 bits per heavy atom. The van der Waals surface area contributed by atoms with E-state index in [1.165, 1.54) is 25.7 Å². The maximum absolute atomic E-state index is 4.38. The topological polar surface area (TPSA) is 29.0 Å². The van der Waals surface area contributed by atoms with Crippen molar-refractivity contribution in [1.29, 1.82) is 0 Å². The monoisotopic (exact) mass is 283 g/mol. The summed E-state index contributed by atoms with van der Waals surface area (Å²) in [4.78, 5) is 10.9. The Balaban J connectivity index is 1.94. The Labute approximate surface area is 105 Å². The quantitative estimate of drug-likeness (QED) is 0.796. The van der Waals surface area contributed by atoms with E-state index in [0.29, 0.717) is 0 Å². The fourth-order valence-electron chi connectivity index (χ4n) is 2.28.